The summed E-state index contributed by atoms with van der Waals surface area (Å²) in [5, 5.41) is 20.0. The number of carboxylic acid groups (broad SMARTS) is 1. The zero-order valence-corrected chi connectivity index (χ0v) is 16.4. The van der Waals surface area contributed by atoms with E-state index < -0.39 is 39.6 Å². The zero-order chi connectivity index (χ0) is 20.4. The van der Waals surface area contributed by atoms with Gasteiger partial charge in [-0.3, -0.25) is 19.2 Å². The molecule has 12 heteroatoms. The van der Waals surface area contributed by atoms with Crippen LogP contribution in [-0.4, -0.2) is 31.0 Å². The second-order valence-corrected chi connectivity index (χ2v) is 8.27. The van der Waals surface area contributed by atoms with Gasteiger partial charge in [0.1, 0.15) is 0 Å². The Morgan fingerprint density at radius 1 is 1.07 bits per heavy atom. The van der Waals surface area contributed by atoms with Gasteiger partial charge in [0.25, 0.3) is 15.7 Å². The summed E-state index contributed by atoms with van der Waals surface area (Å²) >= 11 is 17.7. The molecule has 0 aromatic heterocycles. The number of nitrogens with zero attached hydrogens (tertiary/aromatic N) is 2. The molecule has 0 spiro atoms. The van der Waals surface area contributed by atoms with Crippen molar-refractivity contribution in [1.82, 2.24) is 0 Å². The Labute approximate surface area is 169 Å². The molecule has 0 bridgehead atoms. The van der Waals surface area contributed by atoms with Gasteiger partial charge in [0.2, 0.25) is 0 Å². The second kappa shape index (κ2) is 8.30. The lowest BCUT2D eigenvalue weighted by Crippen LogP contribution is -2.33. The molecule has 0 heterocycles. The molecule has 0 fully saturated rings. The fraction of sp³-hybridized carbons (Fsp3) is 0.133. The molecule has 0 saturated carbocycles. The number of benzene rings is 2. The van der Waals surface area contributed by atoms with Crippen LogP contribution in [-0.2, 0) is 14.8 Å². The Morgan fingerprint density at radius 3 is 2.26 bits per heavy atom. The summed E-state index contributed by atoms with van der Waals surface area (Å²) in [6.45, 7) is -0.501. The highest BCUT2D eigenvalue weighted by Gasteiger charge is 2.29. The molecule has 0 aliphatic heterocycles. The van der Waals surface area contributed by atoms with Crippen LogP contribution < -0.4 is 4.31 Å². The van der Waals surface area contributed by atoms with Crippen molar-refractivity contribution in [2.45, 2.75) is 11.3 Å². The van der Waals surface area contributed by atoms with Gasteiger partial charge in [-0.1, -0.05) is 34.8 Å². The van der Waals surface area contributed by atoms with Crippen molar-refractivity contribution >= 4 is 62.2 Å². The predicted octanol–water partition coefficient (Wildman–Crippen LogP) is 4.23. The lowest BCUT2D eigenvalue weighted by molar-refractivity contribution is -0.384. The molecule has 8 nitrogen and oxygen atoms in total. The lowest BCUT2D eigenvalue weighted by atomic mass is 10.2. The largest absolute Gasteiger partial charge is 0.481 e. The Morgan fingerprint density at radius 2 is 1.70 bits per heavy atom. The number of hydrogen-bond donors (Lipinski definition) is 1. The summed E-state index contributed by atoms with van der Waals surface area (Å²) in [4.78, 5) is 21.0. The molecule has 144 valence electrons. The van der Waals surface area contributed by atoms with Gasteiger partial charge >= 0.3 is 5.97 Å². The Bertz CT molecular complexity index is 1010. The molecule has 2 rings (SSSR count). The minimum Gasteiger partial charge on any atom is -0.481 e. The number of carbonyl (C=O) groups is 1. The van der Waals surface area contributed by atoms with E-state index >= 15 is 0 Å². The van der Waals surface area contributed by atoms with E-state index in [1.165, 1.54) is 12.1 Å². The van der Waals surface area contributed by atoms with Crippen molar-refractivity contribution < 1.29 is 23.2 Å². The Kier molecular flexibility index (Phi) is 6.53. The average molecular weight is 454 g/mol. The molecule has 0 radical (unpaired) electrons. The fourth-order valence-electron chi connectivity index (χ4n) is 2.14. The third kappa shape index (κ3) is 4.81. The number of nitro benzene ring substituents is 1. The second-order valence-electron chi connectivity index (χ2n) is 5.19. The van der Waals surface area contributed by atoms with Gasteiger partial charge in [0.15, 0.2) is 0 Å². The van der Waals surface area contributed by atoms with Crippen LogP contribution in [0.1, 0.15) is 6.42 Å². The molecule has 0 atom stereocenters. The highest BCUT2D eigenvalue weighted by molar-refractivity contribution is 7.92. The molecule has 27 heavy (non-hydrogen) atoms. The number of hydrogen-bond acceptors (Lipinski definition) is 5. The van der Waals surface area contributed by atoms with Gasteiger partial charge in [-0.05, 0) is 24.3 Å². The molecule has 0 aliphatic carbocycles. The number of sulfonamides is 1. The van der Waals surface area contributed by atoms with Crippen molar-refractivity contribution in [3.8, 4) is 0 Å². The molecular weight excluding hydrogens is 443 g/mol. The zero-order valence-electron chi connectivity index (χ0n) is 13.3. The topological polar surface area (TPSA) is 118 Å². The minimum absolute atomic E-state index is 0.0268. The van der Waals surface area contributed by atoms with Gasteiger partial charge < -0.3 is 5.11 Å². The summed E-state index contributed by atoms with van der Waals surface area (Å²) in [6.07, 6.45) is -0.556. The summed E-state index contributed by atoms with van der Waals surface area (Å²) in [5.41, 5.74) is -0.628. The van der Waals surface area contributed by atoms with E-state index in [1.54, 1.807) is 0 Å². The number of halogens is 3. The number of aliphatic carboxylic acids is 1. The summed E-state index contributed by atoms with van der Waals surface area (Å²) < 4.78 is 26.8. The van der Waals surface area contributed by atoms with Crippen molar-refractivity contribution in [3.63, 3.8) is 0 Å². The lowest BCUT2D eigenvalue weighted by Gasteiger charge is -2.25. The van der Waals surface area contributed by atoms with E-state index in [9.17, 15) is 23.3 Å². The SMILES string of the molecule is O=C(O)CCN(c1cc([N+](=O)[O-])ccc1Cl)S(=O)(=O)c1ccc(Cl)c(Cl)c1. The summed E-state index contributed by atoms with van der Waals surface area (Å²) in [7, 11) is -4.33. The van der Waals surface area contributed by atoms with E-state index in [4.69, 9.17) is 39.9 Å². The molecule has 0 saturated heterocycles. The molecule has 0 unspecified atom stereocenters. The van der Waals surface area contributed by atoms with Crippen LogP contribution in [0.4, 0.5) is 11.4 Å². The van der Waals surface area contributed by atoms with Crippen LogP contribution in [0.25, 0.3) is 0 Å². The van der Waals surface area contributed by atoms with Gasteiger partial charge in [0.05, 0.1) is 37.0 Å². The number of carboxylic acids is 1. The first kappa shape index (κ1) is 21.2. The van der Waals surface area contributed by atoms with Crippen LogP contribution in [0.15, 0.2) is 41.3 Å². The quantitative estimate of drug-likeness (QED) is 0.495. The molecule has 1 N–H and O–H groups in total. The first-order valence-electron chi connectivity index (χ1n) is 7.17. The first-order valence-corrected chi connectivity index (χ1v) is 9.75. The van der Waals surface area contributed by atoms with Crippen molar-refractivity contribution in [1.29, 1.82) is 0 Å². The van der Waals surface area contributed by atoms with Crippen molar-refractivity contribution in [3.05, 3.63) is 61.6 Å². The van der Waals surface area contributed by atoms with Crippen molar-refractivity contribution in [2.24, 2.45) is 0 Å². The maximum Gasteiger partial charge on any atom is 0.305 e. The Balaban J connectivity index is 2.64. The maximum absolute atomic E-state index is 13.0. The van der Waals surface area contributed by atoms with Crippen molar-refractivity contribution in [2.75, 3.05) is 10.8 Å². The van der Waals surface area contributed by atoms with Crippen LogP contribution in [0.3, 0.4) is 0 Å². The predicted molar refractivity (Wildman–Crippen MR) is 101 cm³/mol. The molecule has 0 amide bonds. The van der Waals surface area contributed by atoms with Gasteiger partial charge in [-0.15, -0.1) is 0 Å². The third-order valence-corrected chi connectivity index (χ3v) is 6.28. The van der Waals surface area contributed by atoms with E-state index in [0.717, 1.165) is 24.3 Å². The highest BCUT2D eigenvalue weighted by atomic mass is 35.5. The standard InChI is InChI=1S/C15H11Cl3N2O6S/c16-11-4-2-10(8-13(11)18)27(25,26)19(6-5-15(21)22)14-7-9(20(23)24)1-3-12(14)17/h1-4,7-8H,5-6H2,(H,21,22). The number of anilines is 1. The first-order chi connectivity index (χ1) is 12.5. The van der Waals surface area contributed by atoms with Gasteiger partial charge in [-0.25, -0.2) is 8.42 Å². The minimum atomic E-state index is -4.33. The van der Waals surface area contributed by atoms with Gasteiger partial charge in [0, 0.05) is 18.7 Å². The van der Waals surface area contributed by atoms with E-state index in [0.29, 0.717) is 4.31 Å². The van der Waals surface area contributed by atoms with Gasteiger partial charge in [-0.2, -0.15) is 0 Å². The van der Waals surface area contributed by atoms with Crippen LogP contribution in [0.5, 0.6) is 0 Å². The maximum atomic E-state index is 13.0. The van der Waals surface area contributed by atoms with E-state index in [2.05, 4.69) is 0 Å². The third-order valence-electron chi connectivity index (χ3n) is 3.42. The normalized spacial score (nSPS) is 11.2. The highest BCUT2D eigenvalue weighted by Crippen LogP contribution is 2.35. The number of non-ortho nitro benzene ring substituents is 1. The Hall–Kier alpha value is -2.07. The van der Waals surface area contributed by atoms with E-state index in [1.807, 2.05) is 0 Å². The smallest absolute Gasteiger partial charge is 0.305 e. The molecular formula is C15H11Cl3N2O6S. The number of nitro groups is 1. The fourth-order valence-corrected chi connectivity index (χ4v) is 4.27. The van der Waals surface area contributed by atoms with Crippen LogP contribution in [0, 0.1) is 10.1 Å². The van der Waals surface area contributed by atoms with Crippen LogP contribution in [0.2, 0.25) is 15.1 Å². The average Bonchev–Trinajstić information content (AvgIpc) is 2.58. The number of rotatable bonds is 7. The van der Waals surface area contributed by atoms with Crippen LogP contribution >= 0.6 is 34.8 Å². The molecule has 2 aromatic rings. The molecule has 0 aliphatic rings. The molecule has 2 aromatic carbocycles. The summed E-state index contributed by atoms with van der Waals surface area (Å²) in [5.74, 6) is -1.26. The summed E-state index contributed by atoms with van der Waals surface area (Å²) in [6, 6.07) is 6.77. The van der Waals surface area contributed by atoms with E-state index in [-0.39, 0.29) is 25.7 Å². The monoisotopic (exact) mass is 452 g/mol.